The van der Waals surface area contributed by atoms with Gasteiger partial charge in [0.25, 0.3) is 5.91 Å². The molecule has 112 valence electrons. The molecule has 0 bridgehead atoms. The second-order valence-corrected chi connectivity index (χ2v) is 4.81. The summed E-state index contributed by atoms with van der Waals surface area (Å²) in [6, 6.07) is 14.9. The number of hydrogen-bond acceptors (Lipinski definition) is 4. The van der Waals surface area contributed by atoms with Crippen molar-refractivity contribution < 1.29 is 9.63 Å². The van der Waals surface area contributed by atoms with E-state index in [4.69, 9.17) is 4.84 Å². The first-order valence-corrected chi connectivity index (χ1v) is 7.07. The molecular formula is C16H16N4O2. The fourth-order valence-electron chi connectivity index (χ4n) is 2.17. The van der Waals surface area contributed by atoms with E-state index in [2.05, 4.69) is 15.8 Å². The Hall–Kier alpha value is -2.73. The van der Waals surface area contributed by atoms with Crippen LogP contribution in [0.4, 0.5) is 0 Å². The molecule has 0 aliphatic heterocycles. The number of hydroxylamine groups is 1. The van der Waals surface area contributed by atoms with Crippen LogP contribution >= 0.6 is 0 Å². The number of amides is 1. The standard InChI is InChI=1S/C16H16N4O2/c1-2-20-15-9-8-13(10-14(15)17-19-20)16(21)18-22-11-12-6-4-3-5-7-12/h3-10H,2,11H2,1H3,(H,18,21). The third-order valence-electron chi connectivity index (χ3n) is 3.32. The van der Waals surface area contributed by atoms with Crippen molar-refractivity contribution in [3.05, 3.63) is 59.7 Å². The van der Waals surface area contributed by atoms with Crippen molar-refractivity contribution in [2.24, 2.45) is 0 Å². The van der Waals surface area contributed by atoms with Crippen molar-refractivity contribution >= 4 is 16.9 Å². The highest BCUT2D eigenvalue weighted by molar-refractivity contribution is 5.96. The van der Waals surface area contributed by atoms with Gasteiger partial charge in [-0.1, -0.05) is 35.5 Å². The van der Waals surface area contributed by atoms with Crippen LogP contribution in [-0.2, 0) is 18.0 Å². The van der Waals surface area contributed by atoms with Crippen LogP contribution in [-0.4, -0.2) is 20.9 Å². The Labute approximate surface area is 127 Å². The van der Waals surface area contributed by atoms with Gasteiger partial charge in [-0.3, -0.25) is 9.63 Å². The van der Waals surface area contributed by atoms with Crippen LogP contribution in [0.3, 0.4) is 0 Å². The van der Waals surface area contributed by atoms with Gasteiger partial charge in [-0.15, -0.1) is 5.10 Å². The smallest absolute Gasteiger partial charge is 0.269 e. The summed E-state index contributed by atoms with van der Waals surface area (Å²) in [7, 11) is 0. The minimum Gasteiger partial charge on any atom is -0.269 e. The SMILES string of the molecule is CCn1nnc2cc(C(=O)NOCc3ccccc3)ccc21. The van der Waals surface area contributed by atoms with E-state index in [1.54, 1.807) is 16.8 Å². The van der Waals surface area contributed by atoms with Gasteiger partial charge in [0, 0.05) is 12.1 Å². The number of nitrogens with zero attached hydrogens (tertiary/aromatic N) is 3. The van der Waals surface area contributed by atoms with E-state index in [1.165, 1.54) is 0 Å². The first-order valence-electron chi connectivity index (χ1n) is 7.07. The van der Waals surface area contributed by atoms with Crippen LogP contribution < -0.4 is 5.48 Å². The molecule has 1 aromatic heterocycles. The van der Waals surface area contributed by atoms with Crippen molar-refractivity contribution in [2.45, 2.75) is 20.1 Å². The lowest BCUT2D eigenvalue weighted by molar-refractivity contribution is 0.0233. The van der Waals surface area contributed by atoms with E-state index in [-0.39, 0.29) is 5.91 Å². The number of hydrogen-bond donors (Lipinski definition) is 1. The van der Waals surface area contributed by atoms with Gasteiger partial charge in [0.1, 0.15) is 5.52 Å². The van der Waals surface area contributed by atoms with Crippen LogP contribution in [0, 0.1) is 0 Å². The molecule has 0 fully saturated rings. The molecule has 3 aromatic rings. The van der Waals surface area contributed by atoms with Gasteiger partial charge in [0.05, 0.1) is 12.1 Å². The van der Waals surface area contributed by atoms with Gasteiger partial charge in [0.15, 0.2) is 0 Å². The summed E-state index contributed by atoms with van der Waals surface area (Å²) in [5.74, 6) is -0.302. The number of carbonyl (C=O) groups is 1. The third-order valence-corrected chi connectivity index (χ3v) is 3.32. The molecule has 0 unspecified atom stereocenters. The third kappa shape index (κ3) is 2.96. The van der Waals surface area contributed by atoms with E-state index in [1.807, 2.05) is 43.3 Å². The highest BCUT2D eigenvalue weighted by atomic mass is 16.6. The van der Waals surface area contributed by atoms with E-state index in [0.717, 1.165) is 17.6 Å². The van der Waals surface area contributed by atoms with E-state index < -0.39 is 0 Å². The lowest BCUT2D eigenvalue weighted by Crippen LogP contribution is -2.23. The monoisotopic (exact) mass is 296 g/mol. The Morgan fingerprint density at radius 2 is 2.05 bits per heavy atom. The molecule has 0 saturated heterocycles. The van der Waals surface area contributed by atoms with Gasteiger partial charge >= 0.3 is 0 Å². The maximum Gasteiger partial charge on any atom is 0.274 e. The van der Waals surface area contributed by atoms with Crippen molar-refractivity contribution in [3.63, 3.8) is 0 Å². The molecule has 3 rings (SSSR count). The summed E-state index contributed by atoms with van der Waals surface area (Å²) in [4.78, 5) is 17.3. The van der Waals surface area contributed by atoms with Crippen molar-refractivity contribution in [1.29, 1.82) is 0 Å². The maximum atomic E-state index is 12.1. The number of aromatic nitrogens is 3. The van der Waals surface area contributed by atoms with Gasteiger partial charge in [0.2, 0.25) is 0 Å². The topological polar surface area (TPSA) is 69.0 Å². The zero-order valence-corrected chi connectivity index (χ0v) is 12.2. The van der Waals surface area contributed by atoms with Crippen molar-refractivity contribution in [3.8, 4) is 0 Å². The number of benzene rings is 2. The van der Waals surface area contributed by atoms with Crippen LogP contribution in [0.15, 0.2) is 48.5 Å². The second-order valence-electron chi connectivity index (χ2n) is 4.81. The largest absolute Gasteiger partial charge is 0.274 e. The molecule has 6 heteroatoms. The van der Waals surface area contributed by atoms with Crippen molar-refractivity contribution in [1.82, 2.24) is 20.5 Å². The Kier molecular flexibility index (Phi) is 4.11. The molecule has 1 N–H and O–H groups in total. The fourth-order valence-corrected chi connectivity index (χ4v) is 2.17. The summed E-state index contributed by atoms with van der Waals surface area (Å²) in [6.07, 6.45) is 0. The second kappa shape index (κ2) is 6.36. The minimum absolute atomic E-state index is 0.302. The Morgan fingerprint density at radius 1 is 1.23 bits per heavy atom. The number of nitrogens with one attached hydrogen (secondary N) is 1. The zero-order valence-electron chi connectivity index (χ0n) is 12.2. The highest BCUT2D eigenvalue weighted by Gasteiger charge is 2.09. The van der Waals surface area contributed by atoms with E-state index in [9.17, 15) is 4.79 Å². The van der Waals surface area contributed by atoms with Gasteiger partial charge in [-0.2, -0.15) is 0 Å². The Balaban J connectivity index is 1.65. The Bertz CT molecular complexity index is 783. The molecule has 1 amide bonds. The van der Waals surface area contributed by atoms with Crippen molar-refractivity contribution in [2.75, 3.05) is 0 Å². The summed E-state index contributed by atoms with van der Waals surface area (Å²) in [5.41, 5.74) is 5.52. The lowest BCUT2D eigenvalue weighted by atomic mass is 10.2. The van der Waals surface area contributed by atoms with Crippen LogP contribution in [0.2, 0.25) is 0 Å². The quantitative estimate of drug-likeness (QED) is 0.734. The molecule has 0 aliphatic carbocycles. The van der Waals surface area contributed by atoms with Crippen LogP contribution in [0.1, 0.15) is 22.8 Å². The molecule has 22 heavy (non-hydrogen) atoms. The molecule has 0 atom stereocenters. The lowest BCUT2D eigenvalue weighted by Gasteiger charge is -2.06. The zero-order chi connectivity index (χ0) is 15.4. The molecule has 0 radical (unpaired) electrons. The molecule has 0 aliphatic rings. The van der Waals surface area contributed by atoms with Crippen LogP contribution in [0.25, 0.3) is 11.0 Å². The molecule has 0 saturated carbocycles. The first-order chi connectivity index (χ1) is 10.8. The van der Waals surface area contributed by atoms with Gasteiger partial charge < -0.3 is 0 Å². The average Bonchev–Trinajstić information content (AvgIpc) is 2.98. The predicted molar refractivity (Wildman–Crippen MR) is 81.9 cm³/mol. The molecule has 0 spiro atoms. The molecule has 6 nitrogen and oxygen atoms in total. The highest BCUT2D eigenvalue weighted by Crippen LogP contribution is 2.13. The maximum absolute atomic E-state index is 12.1. The normalized spacial score (nSPS) is 10.8. The predicted octanol–water partition coefficient (Wildman–Crippen LogP) is 2.31. The average molecular weight is 296 g/mol. The molecule has 1 heterocycles. The summed E-state index contributed by atoms with van der Waals surface area (Å²) < 4.78 is 1.78. The summed E-state index contributed by atoms with van der Waals surface area (Å²) in [6.45, 7) is 3.05. The number of carbonyl (C=O) groups excluding carboxylic acids is 1. The Morgan fingerprint density at radius 3 is 2.82 bits per heavy atom. The number of fused-ring (bicyclic) bond motifs is 1. The van der Waals surface area contributed by atoms with E-state index >= 15 is 0 Å². The minimum atomic E-state index is -0.302. The van der Waals surface area contributed by atoms with E-state index in [0.29, 0.717) is 17.7 Å². The van der Waals surface area contributed by atoms with Crippen LogP contribution in [0.5, 0.6) is 0 Å². The first kappa shape index (κ1) is 14.2. The summed E-state index contributed by atoms with van der Waals surface area (Å²) in [5, 5.41) is 8.07. The fraction of sp³-hybridized carbons (Fsp3) is 0.188. The number of aryl methyl sites for hydroxylation is 1. The van der Waals surface area contributed by atoms with Gasteiger partial charge in [-0.05, 0) is 30.7 Å². The molecular weight excluding hydrogens is 280 g/mol. The molecule has 2 aromatic carbocycles. The van der Waals surface area contributed by atoms with Gasteiger partial charge in [-0.25, -0.2) is 10.2 Å². The summed E-state index contributed by atoms with van der Waals surface area (Å²) >= 11 is 0. The number of rotatable bonds is 5.